The highest BCUT2D eigenvalue weighted by Crippen LogP contribution is 2.22. The van der Waals surface area contributed by atoms with Crippen LogP contribution in [0, 0.1) is 5.41 Å². The van der Waals surface area contributed by atoms with Crippen molar-refractivity contribution < 1.29 is 4.79 Å². The highest BCUT2D eigenvalue weighted by atomic mass is 16.2. The molecule has 0 aliphatic heterocycles. The van der Waals surface area contributed by atoms with Gasteiger partial charge in [-0.05, 0) is 5.56 Å². The molecule has 0 aliphatic rings. The van der Waals surface area contributed by atoms with E-state index in [-0.39, 0.29) is 11.3 Å². The summed E-state index contributed by atoms with van der Waals surface area (Å²) in [5, 5.41) is 11.2. The Labute approximate surface area is 173 Å². The lowest BCUT2D eigenvalue weighted by molar-refractivity contribution is -0.128. The lowest BCUT2D eigenvalue weighted by atomic mass is 9.96. The van der Waals surface area contributed by atoms with E-state index in [0.29, 0.717) is 19.6 Å². The molecule has 152 valence electrons. The number of hydrogen-bond donors (Lipinski definition) is 2. The molecular formula is C24H30N4O. The van der Waals surface area contributed by atoms with Crippen molar-refractivity contribution >= 4 is 5.91 Å². The Hall–Kier alpha value is -2.92. The second-order valence-electron chi connectivity index (χ2n) is 8.23. The number of aromatic nitrogens is 2. The van der Waals surface area contributed by atoms with E-state index in [1.165, 1.54) is 5.56 Å². The maximum Gasteiger partial charge on any atom is 0.225 e. The molecule has 2 aromatic carbocycles. The van der Waals surface area contributed by atoms with Crippen molar-refractivity contribution in [3.8, 4) is 11.3 Å². The monoisotopic (exact) mass is 390 g/mol. The van der Waals surface area contributed by atoms with E-state index < -0.39 is 0 Å². The summed E-state index contributed by atoms with van der Waals surface area (Å²) in [5.41, 5.74) is 4.11. The van der Waals surface area contributed by atoms with Gasteiger partial charge in [-0.3, -0.25) is 9.48 Å². The third-order valence-electron chi connectivity index (χ3n) is 4.66. The summed E-state index contributed by atoms with van der Waals surface area (Å²) in [5.74, 6) is 0.0694. The van der Waals surface area contributed by atoms with Gasteiger partial charge in [-0.25, -0.2) is 0 Å². The van der Waals surface area contributed by atoms with Gasteiger partial charge in [0.2, 0.25) is 5.91 Å². The van der Waals surface area contributed by atoms with Crippen molar-refractivity contribution in [3.63, 3.8) is 0 Å². The first-order valence-corrected chi connectivity index (χ1v) is 10.1. The highest BCUT2D eigenvalue weighted by molar-refractivity contribution is 5.81. The second kappa shape index (κ2) is 9.52. The van der Waals surface area contributed by atoms with E-state index in [4.69, 9.17) is 5.10 Å². The fraction of sp³-hybridized carbons (Fsp3) is 0.333. The van der Waals surface area contributed by atoms with Crippen molar-refractivity contribution in [3.05, 3.63) is 78.0 Å². The number of carbonyl (C=O) groups is 1. The van der Waals surface area contributed by atoms with Crippen LogP contribution in [0.5, 0.6) is 0 Å². The quantitative estimate of drug-likeness (QED) is 0.575. The normalized spacial score (nSPS) is 11.4. The van der Waals surface area contributed by atoms with Crippen LogP contribution in [-0.2, 0) is 17.9 Å². The zero-order valence-corrected chi connectivity index (χ0v) is 17.5. The van der Waals surface area contributed by atoms with Crippen molar-refractivity contribution in [2.75, 3.05) is 13.1 Å². The minimum Gasteiger partial charge on any atom is -0.354 e. The van der Waals surface area contributed by atoms with Crippen molar-refractivity contribution in [2.24, 2.45) is 5.41 Å². The first-order valence-electron chi connectivity index (χ1n) is 10.1. The molecular weight excluding hydrogens is 360 g/mol. The third-order valence-corrected chi connectivity index (χ3v) is 4.66. The zero-order valence-electron chi connectivity index (χ0n) is 17.5. The van der Waals surface area contributed by atoms with E-state index >= 15 is 0 Å². The van der Waals surface area contributed by atoms with Crippen molar-refractivity contribution in [2.45, 2.75) is 33.9 Å². The minimum atomic E-state index is -0.362. The molecule has 1 amide bonds. The predicted octanol–water partition coefficient (Wildman–Crippen LogP) is 3.85. The summed E-state index contributed by atoms with van der Waals surface area (Å²) < 4.78 is 2.00. The second-order valence-corrected chi connectivity index (χ2v) is 8.23. The molecule has 0 aliphatic carbocycles. The Kier molecular flexibility index (Phi) is 6.83. The van der Waals surface area contributed by atoms with Crippen LogP contribution >= 0.6 is 0 Å². The van der Waals surface area contributed by atoms with Crippen LogP contribution in [0.15, 0.2) is 66.9 Å². The predicted molar refractivity (Wildman–Crippen MR) is 117 cm³/mol. The number of nitrogens with one attached hydrogen (secondary N) is 2. The van der Waals surface area contributed by atoms with Crippen LogP contribution in [0.25, 0.3) is 11.3 Å². The topological polar surface area (TPSA) is 59.0 Å². The molecule has 0 saturated carbocycles. The number of benzene rings is 2. The molecule has 5 heteroatoms. The molecule has 0 spiro atoms. The van der Waals surface area contributed by atoms with Gasteiger partial charge < -0.3 is 10.6 Å². The lowest BCUT2D eigenvalue weighted by Gasteiger charge is -2.17. The number of hydrogen-bond acceptors (Lipinski definition) is 3. The molecule has 2 N–H and O–H groups in total. The van der Waals surface area contributed by atoms with Gasteiger partial charge in [0.1, 0.15) is 0 Å². The maximum atomic E-state index is 12.0. The highest BCUT2D eigenvalue weighted by Gasteiger charge is 2.20. The molecule has 5 nitrogen and oxygen atoms in total. The Morgan fingerprint density at radius 2 is 1.62 bits per heavy atom. The fourth-order valence-corrected chi connectivity index (χ4v) is 3.04. The summed E-state index contributed by atoms with van der Waals surface area (Å²) in [6.45, 7) is 8.51. The summed E-state index contributed by atoms with van der Waals surface area (Å²) in [4.78, 5) is 12.0. The molecule has 0 fully saturated rings. The Morgan fingerprint density at radius 1 is 0.966 bits per heavy atom. The Bertz CT molecular complexity index is 911. The molecule has 0 atom stereocenters. The van der Waals surface area contributed by atoms with Gasteiger partial charge in [0.05, 0.1) is 12.2 Å². The first-order chi connectivity index (χ1) is 13.9. The summed E-state index contributed by atoms with van der Waals surface area (Å²) in [6.07, 6.45) is 2.11. The first kappa shape index (κ1) is 20.8. The van der Waals surface area contributed by atoms with Crippen LogP contribution in [-0.4, -0.2) is 28.8 Å². The van der Waals surface area contributed by atoms with Gasteiger partial charge >= 0.3 is 0 Å². The van der Waals surface area contributed by atoms with Crippen LogP contribution in [0.4, 0.5) is 0 Å². The molecule has 0 bridgehead atoms. The van der Waals surface area contributed by atoms with Crippen molar-refractivity contribution in [1.29, 1.82) is 0 Å². The Morgan fingerprint density at radius 3 is 2.28 bits per heavy atom. The number of carbonyl (C=O) groups excluding carboxylic acids is 1. The van der Waals surface area contributed by atoms with Crippen LogP contribution < -0.4 is 10.6 Å². The molecule has 0 saturated heterocycles. The number of amides is 1. The summed E-state index contributed by atoms with van der Waals surface area (Å²) in [6, 6.07) is 20.6. The van der Waals surface area contributed by atoms with Gasteiger partial charge in [-0.1, -0.05) is 81.4 Å². The van der Waals surface area contributed by atoms with E-state index in [1.54, 1.807) is 0 Å². The SMILES string of the molecule is CC(C)(C)C(=O)NCCNCc1cn(Cc2ccccc2)nc1-c1ccccc1. The zero-order chi connectivity index (χ0) is 20.7. The minimum absolute atomic E-state index is 0.0694. The molecule has 0 unspecified atom stereocenters. The smallest absolute Gasteiger partial charge is 0.225 e. The van der Waals surface area contributed by atoms with E-state index in [2.05, 4.69) is 41.1 Å². The molecule has 0 radical (unpaired) electrons. The fourth-order valence-electron chi connectivity index (χ4n) is 3.04. The number of nitrogens with zero attached hydrogens (tertiary/aromatic N) is 2. The molecule has 3 aromatic rings. The van der Waals surface area contributed by atoms with E-state index in [0.717, 1.165) is 23.4 Å². The third kappa shape index (κ3) is 6.03. The summed E-state index contributed by atoms with van der Waals surface area (Å²) in [7, 11) is 0. The van der Waals surface area contributed by atoms with Gasteiger partial charge in [-0.15, -0.1) is 0 Å². The average Bonchev–Trinajstić information content (AvgIpc) is 3.11. The van der Waals surface area contributed by atoms with Gasteiger partial charge in [0, 0.05) is 42.4 Å². The van der Waals surface area contributed by atoms with Crippen LogP contribution in [0.1, 0.15) is 31.9 Å². The van der Waals surface area contributed by atoms with Gasteiger partial charge in [0.25, 0.3) is 0 Å². The summed E-state index contributed by atoms with van der Waals surface area (Å²) >= 11 is 0. The largest absolute Gasteiger partial charge is 0.354 e. The van der Waals surface area contributed by atoms with Gasteiger partial charge in [0.15, 0.2) is 0 Å². The molecule has 1 heterocycles. The standard InChI is InChI=1S/C24H30N4O/c1-24(2,3)23(29)26-15-14-25-16-21-18-28(17-19-10-6-4-7-11-19)27-22(21)20-12-8-5-9-13-20/h4-13,18,25H,14-17H2,1-3H3,(H,26,29). The molecule has 1 aromatic heterocycles. The van der Waals surface area contributed by atoms with Crippen LogP contribution in [0.2, 0.25) is 0 Å². The van der Waals surface area contributed by atoms with Crippen LogP contribution in [0.3, 0.4) is 0 Å². The molecule has 29 heavy (non-hydrogen) atoms. The lowest BCUT2D eigenvalue weighted by Crippen LogP contribution is -2.38. The van der Waals surface area contributed by atoms with E-state index in [9.17, 15) is 4.79 Å². The number of rotatable bonds is 8. The molecule has 3 rings (SSSR count). The van der Waals surface area contributed by atoms with E-state index in [1.807, 2.05) is 61.9 Å². The van der Waals surface area contributed by atoms with Crippen molar-refractivity contribution in [1.82, 2.24) is 20.4 Å². The van der Waals surface area contributed by atoms with Gasteiger partial charge in [-0.2, -0.15) is 5.10 Å². The Balaban J connectivity index is 1.65. The maximum absolute atomic E-state index is 12.0. The average molecular weight is 391 g/mol.